The first kappa shape index (κ1) is 21.9. The van der Waals surface area contributed by atoms with Gasteiger partial charge in [-0.2, -0.15) is 0 Å². The van der Waals surface area contributed by atoms with Crippen molar-refractivity contribution in [2.24, 2.45) is 0 Å². The Labute approximate surface area is 198 Å². The average Bonchev–Trinajstić information content (AvgIpc) is 3.45. The van der Waals surface area contributed by atoms with Crippen LogP contribution in [-0.4, -0.2) is 47.8 Å². The van der Waals surface area contributed by atoms with Crippen molar-refractivity contribution in [1.29, 1.82) is 0 Å². The molecule has 5 rings (SSSR count). The normalized spacial score (nSPS) is 18.0. The summed E-state index contributed by atoms with van der Waals surface area (Å²) in [4.78, 5) is 21.4. The summed E-state index contributed by atoms with van der Waals surface area (Å²) in [5, 5.41) is 3.04. The van der Waals surface area contributed by atoms with E-state index in [1.807, 2.05) is 55.8 Å². The van der Waals surface area contributed by atoms with Crippen molar-refractivity contribution in [1.82, 2.24) is 9.88 Å². The number of piperidine rings is 1. The van der Waals surface area contributed by atoms with Crippen LogP contribution in [0, 0.1) is 6.92 Å². The summed E-state index contributed by atoms with van der Waals surface area (Å²) in [5.74, 6) is 0.889. The molecule has 2 aliphatic rings. The third kappa shape index (κ3) is 4.61. The van der Waals surface area contributed by atoms with E-state index in [0.717, 1.165) is 54.5 Å². The predicted octanol–water partition coefficient (Wildman–Crippen LogP) is 5.51. The summed E-state index contributed by atoms with van der Waals surface area (Å²) < 4.78 is 11.7. The van der Waals surface area contributed by atoms with E-state index in [2.05, 4.69) is 22.0 Å². The zero-order valence-electron chi connectivity index (χ0n) is 19.1. The Kier molecular flexibility index (Phi) is 6.08. The van der Waals surface area contributed by atoms with Gasteiger partial charge in [0.1, 0.15) is 16.4 Å². The summed E-state index contributed by atoms with van der Waals surface area (Å²) >= 11 is 1.65. The fourth-order valence-electron chi connectivity index (χ4n) is 4.69. The Morgan fingerprint density at radius 3 is 2.64 bits per heavy atom. The van der Waals surface area contributed by atoms with Crippen molar-refractivity contribution >= 4 is 23.1 Å². The van der Waals surface area contributed by atoms with Gasteiger partial charge in [0.2, 0.25) is 0 Å². The third-order valence-corrected chi connectivity index (χ3v) is 7.33. The molecule has 0 radical (unpaired) electrons. The number of likely N-dealkylation sites (tertiary alicyclic amines) is 1. The van der Waals surface area contributed by atoms with Crippen LogP contribution < -0.4 is 9.64 Å². The van der Waals surface area contributed by atoms with Crippen LogP contribution in [0.2, 0.25) is 0 Å². The monoisotopic (exact) mass is 463 g/mol. The second-order valence-corrected chi connectivity index (χ2v) is 9.73. The van der Waals surface area contributed by atoms with Crippen LogP contribution in [0.25, 0.3) is 10.6 Å². The molecule has 0 aliphatic carbocycles. The summed E-state index contributed by atoms with van der Waals surface area (Å²) in [6, 6.07) is 14.3. The Balaban J connectivity index is 1.28. The number of hydrogen-bond donors (Lipinski definition) is 0. The minimum absolute atomic E-state index is 0.234. The fraction of sp³-hybridized carbons (Fsp3) is 0.385. The average molecular weight is 464 g/mol. The van der Waals surface area contributed by atoms with Gasteiger partial charge in [-0.25, -0.2) is 9.78 Å². The standard InChI is InChI=1S/C26H29N3O3S/c1-3-31-22-8-9-23(24-27-12-15-33-24)20(16-22)17-28-13-10-26(11-14-28)18-29(25(30)32-26)21-6-4-19(2)5-7-21/h4-9,12,15-16H,3,10-11,13-14,17-18H2,1-2H3. The number of ether oxygens (including phenoxy) is 2. The lowest BCUT2D eigenvalue weighted by Gasteiger charge is -2.37. The van der Waals surface area contributed by atoms with E-state index in [1.165, 1.54) is 11.1 Å². The van der Waals surface area contributed by atoms with Gasteiger partial charge in [-0.3, -0.25) is 9.80 Å². The van der Waals surface area contributed by atoms with Crippen molar-refractivity contribution in [2.45, 2.75) is 38.8 Å². The number of carbonyl (C=O) groups is 1. The topological polar surface area (TPSA) is 54.9 Å². The molecule has 6 nitrogen and oxygen atoms in total. The van der Waals surface area contributed by atoms with E-state index in [4.69, 9.17) is 9.47 Å². The molecule has 33 heavy (non-hydrogen) atoms. The number of hydrogen-bond acceptors (Lipinski definition) is 6. The van der Waals surface area contributed by atoms with Crippen molar-refractivity contribution in [2.75, 3.05) is 31.1 Å². The van der Waals surface area contributed by atoms with Crippen molar-refractivity contribution in [3.05, 3.63) is 65.2 Å². The maximum Gasteiger partial charge on any atom is 0.415 e. The highest BCUT2D eigenvalue weighted by Gasteiger charge is 2.47. The lowest BCUT2D eigenvalue weighted by molar-refractivity contribution is -0.000951. The molecule has 7 heteroatoms. The van der Waals surface area contributed by atoms with Crippen LogP contribution in [0.5, 0.6) is 5.75 Å². The largest absolute Gasteiger partial charge is 0.494 e. The molecule has 1 aromatic heterocycles. The third-order valence-electron chi connectivity index (χ3n) is 6.53. The molecule has 1 amide bonds. The first-order chi connectivity index (χ1) is 16.0. The molecule has 0 N–H and O–H groups in total. The predicted molar refractivity (Wildman–Crippen MR) is 131 cm³/mol. The highest BCUT2D eigenvalue weighted by molar-refractivity contribution is 7.13. The molecular formula is C26H29N3O3S. The molecule has 0 saturated carbocycles. The van der Waals surface area contributed by atoms with Crippen molar-refractivity contribution in [3.8, 4) is 16.3 Å². The van der Waals surface area contributed by atoms with Gasteiger partial charge in [0.05, 0.1) is 13.2 Å². The number of benzene rings is 2. The first-order valence-corrected chi connectivity index (χ1v) is 12.4. The number of anilines is 1. The highest BCUT2D eigenvalue weighted by atomic mass is 32.1. The molecular weight excluding hydrogens is 434 g/mol. The first-order valence-electron chi connectivity index (χ1n) is 11.5. The molecule has 0 unspecified atom stereocenters. The van der Waals surface area contributed by atoms with Crippen LogP contribution in [0.1, 0.15) is 30.9 Å². The molecule has 2 aliphatic heterocycles. The van der Waals surface area contributed by atoms with Crippen LogP contribution in [0.15, 0.2) is 54.0 Å². The van der Waals surface area contributed by atoms with Crippen LogP contribution in [0.4, 0.5) is 10.5 Å². The second kappa shape index (κ2) is 9.15. The second-order valence-electron chi connectivity index (χ2n) is 8.84. The van der Waals surface area contributed by atoms with E-state index in [9.17, 15) is 4.79 Å². The Hall–Kier alpha value is -2.90. The summed E-state index contributed by atoms with van der Waals surface area (Å²) in [6.07, 6.45) is 3.28. The molecule has 1 spiro atoms. The molecule has 2 saturated heterocycles. The zero-order valence-corrected chi connectivity index (χ0v) is 19.9. The summed E-state index contributed by atoms with van der Waals surface area (Å²) in [7, 11) is 0. The van der Waals surface area contributed by atoms with Gasteiger partial charge in [0.25, 0.3) is 0 Å². The number of amides is 1. The molecule has 172 valence electrons. The van der Waals surface area contributed by atoms with Gasteiger partial charge in [-0.15, -0.1) is 11.3 Å². The number of nitrogens with zero attached hydrogens (tertiary/aromatic N) is 3. The smallest absolute Gasteiger partial charge is 0.415 e. The number of carbonyl (C=O) groups excluding carboxylic acids is 1. The quantitative estimate of drug-likeness (QED) is 0.483. The molecule has 3 aromatic rings. The van der Waals surface area contributed by atoms with Gasteiger partial charge in [-0.1, -0.05) is 17.7 Å². The lowest BCUT2D eigenvalue weighted by Crippen LogP contribution is -2.46. The molecule has 2 fully saturated rings. The molecule has 3 heterocycles. The van der Waals surface area contributed by atoms with E-state index in [1.54, 1.807) is 16.2 Å². The Morgan fingerprint density at radius 1 is 1.15 bits per heavy atom. The zero-order chi connectivity index (χ0) is 22.8. The van der Waals surface area contributed by atoms with Crippen molar-refractivity contribution in [3.63, 3.8) is 0 Å². The van der Waals surface area contributed by atoms with Gasteiger partial charge in [0, 0.05) is 55.3 Å². The maximum absolute atomic E-state index is 12.7. The van der Waals surface area contributed by atoms with Gasteiger partial charge >= 0.3 is 6.09 Å². The lowest BCUT2D eigenvalue weighted by atomic mass is 9.90. The van der Waals surface area contributed by atoms with Crippen molar-refractivity contribution < 1.29 is 14.3 Å². The summed E-state index contributed by atoms with van der Waals surface area (Å²) in [5.41, 5.74) is 4.07. The maximum atomic E-state index is 12.7. The number of thiazole rings is 1. The molecule has 0 bridgehead atoms. The van der Waals surface area contributed by atoms with Crippen LogP contribution >= 0.6 is 11.3 Å². The number of aryl methyl sites for hydroxylation is 1. The SMILES string of the molecule is CCOc1ccc(-c2nccs2)c(CN2CCC3(CC2)CN(c2ccc(C)cc2)C(=O)O3)c1. The highest BCUT2D eigenvalue weighted by Crippen LogP contribution is 2.37. The number of aromatic nitrogens is 1. The van der Waals surface area contributed by atoms with E-state index >= 15 is 0 Å². The minimum Gasteiger partial charge on any atom is -0.494 e. The van der Waals surface area contributed by atoms with E-state index in [0.29, 0.717) is 13.2 Å². The minimum atomic E-state index is -0.399. The number of rotatable bonds is 6. The fourth-order valence-corrected chi connectivity index (χ4v) is 5.39. The van der Waals surface area contributed by atoms with E-state index in [-0.39, 0.29) is 6.09 Å². The van der Waals surface area contributed by atoms with Gasteiger partial charge < -0.3 is 9.47 Å². The van der Waals surface area contributed by atoms with Gasteiger partial charge in [0.15, 0.2) is 0 Å². The molecule has 0 atom stereocenters. The van der Waals surface area contributed by atoms with Gasteiger partial charge in [-0.05, 0) is 49.7 Å². The van der Waals surface area contributed by atoms with Crippen LogP contribution in [0.3, 0.4) is 0 Å². The molecule has 2 aromatic carbocycles. The summed E-state index contributed by atoms with van der Waals surface area (Å²) in [6.45, 7) is 7.89. The Morgan fingerprint density at radius 2 is 1.94 bits per heavy atom. The van der Waals surface area contributed by atoms with Crippen LogP contribution in [-0.2, 0) is 11.3 Å². The van der Waals surface area contributed by atoms with E-state index < -0.39 is 5.60 Å². The Bertz CT molecular complexity index is 1110.